The molecule has 0 radical (unpaired) electrons. The molecule has 20 heavy (non-hydrogen) atoms. The van der Waals surface area contributed by atoms with Crippen LogP contribution in [0.1, 0.15) is 10.4 Å². The van der Waals surface area contributed by atoms with E-state index in [2.05, 4.69) is 0 Å². The first-order valence-electron chi connectivity index (χ1n) is 5.93. The van der Waals surface area contributed by atoms with Crippen molar-refractivity contribution in [2.75, 3.05) is 0 Å². The first-order chi connectivity index (χ1) is 9.68. The normalized spacial score (nSPS) is 10.6. The third-order valence-corrected chi connectivity index (χ3v) is 2.92. The summed E-state index contributed by atoms with van der Waals surface area (Å²) in [4.78, 5) is 36.3. The zero-order valence-electron chi connectivity index (χ0n) is 10.3. The van der Waals surface area contributed by atoms with Crippen molar-refractivity contribution in [2.24, 2.45) is 0 Å². The first-order valence-corrected chi connectivity index (χ1v) is 5.93. The molecule has 1 aromatic heterocycles. The van der Waals surface area contributed by atoms with E-state index in [0.717, 1.165) is 0 Å². The van der Waals surface area contributed by atoms with E-state index in [-0.39, 0.29) is 16.5 Å². The molecule has 0 fully saturated rings. The van der Waals surface area contributed by atoms with Crippen LogP contribution in [0.5, 0.6) is 0 Å². The summed E-state index contributed by atoms with van der Waals surface area (Å²) < 4.78 is 5.51. The zero-order chi connectivity index (χ0) is 14.1. The van der Waals surface area contributed by atoms with Gasteiger partial charge in [0.2, 0.25) is 0 Å². The van der Waals surface area contributed by atoms with Crippen LogP contribution in [0.4, 0.5) is 0 Å². The lowest BCUT2D eigenvalue weighted by atomic mass is 10.2. The van der Waals surface area contributed by atoms with Crippen molar-refractivity contribution in [2.45, 2.75) is 0 Å². The van der Waals surface area contributed by atoms with Crippen LogP contribution >= 0.6 is 0 Å². The number of benzene rings is 2. The predicted octanol–water partition coefficient (Wildman–Crippen LogP) is 1.64. The van der Waals surface area contributed by atoms with Gasteiger partial charge in [0.15, 0.2) is 0 Å². The standard InChI is InChI=1S/C15H9NO4/c17-13(10-6-2-1-3-7-10)16-14(18)11-8-4-5-9-12(11)20-15(16)19/h1-9H. The second kappa shape index (κ2) is 4.62. The minimum absolute atomic E-state index is 0.166. The maximum atomic E-state index is 12.2. The number of hydrogen-bond donors (Lipinski definition) is 0. The van der Waals surface area contributed by atoms with E-state index < -0.39 is 17.2 Å². The first kappa shape index (κ1) is 12.1. The minimum atomic E-state index is -0.984. The van der Waals surface area contributed by atoms with Gasteiger partial charge < -0.3 is 4.42 Å². The molecule has 3 aromatic rings. The van der Waals surface area contributed by atoms with E-state index in [0.29, 0.717) is 4.57 Å². The van der Waals surface area contributed by atoms with E-state index in [9.17, 15) is 14.4 Å². The summed E-state index contributed by atoms with van der Waals surface area (Å²) in [6, 6.07) is 14.4. The summed E-state index contributed by atoms with van der Waals surface area (Å²) in [5.74, 6) is -1.68. The molecule has 0 saturated carbocycles. The van der Waals surface area contributed by atoms with Crippen molar-refractivity contribution in [3.8, 4) is 0 Å². The quantitative estimate of drug-likeness (QED) is 0.672. The summed E-state index contributed by atoms with van der Waals surface area (Å²) >= 11 is 0. The second-order valence-electron chi connectivity index (χ2n) is 4.18. The minimum Gasteiger partial charge on any atom is -0.409 e. The van der Waals surface area contributed by atoms with Crippen LogP contribution in [-0.2, 0) is 0 Å². The van der Waals surface area contributed by atoms with Crippen molar-refractivity contribution in [3.05, 3.63) is 81.1 Å². The van der Waals surface area contributed by atoms with Crippen molar-refractivity contribution < 1.29 is 9.21 Å². The van der Waals surface area contributed by atoms with Gasteiger partial charge in [0.25, 0.3) is 11.5 Å². The van der Waals surface area contributed by atoms with Crippen molar-refractivity contribution in [1.82, 2.24) is 4.57 Å². The molecule has 1 heterocycles. The largest absolute Gasteiger partial charge is 0.429 e. The highest BCUT2D eigenvalue weighted by atomic mass is 16.4. The van der Waals surface area contributed by atoms with Gasteiger partial charge in [-0.1, -0.05) is 30.3 Å². The second-order valence-corrected chi connectivity index (χ2v) is 4.18. The highest BCUT2D eigenvalue weighted by Crippen LogP contribution is 2.07. The Balaban J connectivity index is 2.30. The van der Waals surface area contributed by atoms with Gasteiger partial charge in [-0.3, -0.25) is 9.59 Å². The average molecular weight is 267 g/mol. The Morgan fingerprint density at radius 3 is 2.30 bits per heavy atom. The van der Waals surface area contributed by atoms with Gasteiger partial charge in [0.05, 0.1) is 5.39 Å². The van der Waals surface area contributed by atoms with Crippen LogP contribution in [0.15, 0.2) is 68.6 Å². The van der Waals surface area contributed by atoms with Crippen LogP contribution in [0.3, 0.4) is 0 Å². The van der Waals surface area contributed by atoms with Crippen LogP contribution in [0.25, 0.3) is 11.0 Å². The third-order valence-electron chi connectivity index (χ3n) is 2.92. The zero-order valence-corrected chi connectivity index (χ0v) is 10.3. The molecule has 0 aliphatic rings. The Labute approximate surface area is 112 Å². The Morgan fingerprint density at radius 1 is 0.900 bits per heavy atom. The molecule has 0 bridgehead atoms. The molecule has 0 aliphatic heterocycles. The van der Waals surface area contributed by atoms with Gasteiger partial charge in [-0.2, -0.15) is 4.57 Å². The number of nitrogens with zero attached hydrogens (tertiary/aromatic N) is 1. The average Bonchev–Trinajstić information content (AvgIpc) is 2.48. The molecule has 0 atom stereocenters. The molecule has 5 nitrogen and oxygen atoms in total. The highest BCUT2D eigenvalue weighted by Gasteiger charge is 2.17. The van der Waals surface area contributed by atoms with E-state index in [1.54, 1.807) is 30.3 Å². The maximum Gasteiger partial charge on any atom is 0.429 e. The lowest BCUT2D eigenvalue weighted by Gasteiger charge is -2.03. The molecular weight excluding hydrogens is 258 g/mol. The number of para-hydroxylation sites is 1. The van der Waals surface area contributed by atoms with Gasteiger partial charge >= 0.3 is 5.76 Å². The molecular formula is C15H9NO4. The van der Waals surface area contributed by atoms with Crippen LogP contribution < -0.4 is 11.3 Å². The number of aromatic nitrogens is 1. The molecule has 0 spiro atoms. The van der Waals surface area contributed by atoms with Crippen LogP contribution in [0, 0.1) is 0 Å². The molecule has 98 valence electrons. The molecule has 0 unspecified atom stereocenters. The summed E-state index contributed by atoms with van der Waals surface area (Å²) in [5, 5.41) is 0.191. The summed E-state index contributed by atoms with van der Waals surface area (Å²) in [6.45, 7) is 0. The monoisotopic (exact) mass is 267 g/mol. The topological polar surface area (TPSA) is 69.3 Å². The fraction of sp³-hybridized carbons (Fsp3) is 0. The Hall–Kier alpha value is -2.95. The SMILES string of the molecule is O=C(c1ccccc1)n1c(=O)oc2ccccc2c1=O. The lowest BCUT2D eigenvalue weighted by Crippen LogP contribution is -2.37. The molecule has 0 saturated heterocycles. The van der Waals surface area contributed by atoms with Crippen LogP contribution in [0.2, 0.25) is 0 Å². The molecule has 2 aromatic carbocycles. The summed E-state index contributed by atoms with van der Waals surface area (Å²) in [7, 11) is 0. The molecule has 0 aliphatic carbocycles. The Bertz CT molecular complexity index is 906. The Kier molecular flexibility index (Phi) is 2.80. The van der Waals surface area contributed by atoms with E-state index in [1.165, 1.54) is 24.3 Å². The molecule has 5 heteroatoms. The number of hydrogen-bond acceptors (Lipinski definition) is 4. The molecule has 0 amide bonds. The summed E-state index contributed by atoms with van der Waals surface area (Å²) in [6.07, 6.45) is 0. The fourth-order valence-electron chi connectivity index (χ4n) is 1.96. The maximum absolute atomic E-state index is 12.2. The van der Waals surface area contributed by atoms with Gasteiger partial charge in [-0.05, 0) is 24.3 Å². The number of carbonyl (C=O) groups is 1. The lowest BCUT2D eigenvalue weighted by molar-refractivity contribution is 0.0943. The number of rotatable bonds is 1. The van der Waals surface area contributed by atoms with Crippen molar-refractivity contribution in [1.29, 1.82) is 0 Å². The van der Waals surface area contributed by atoms with Gasteiger partial charge in [0.1, 0.15) is 5.58 Å². The Morgan fingerprint density at radius 2 is 1.55 bits per heavy atom. The molecule has 0 N–H and O–H groups in total. The van der Waals surface area contributed by atoms with E-state index >= 15 is 0 Å². The van der Waals surface area contributed by atoms with Gasteiger partial charge in [-0.15, -0.1) is 0 Å². The highest BCUT2D eigenvalue weighted by molar-refractivity contribution is 5.96. The number of fused-ring (bicyclic) bond motifs is 1. The van der Waals surface area contributed by atoms with Gasteiger partial charge in [0, 0.05) is 5.56 Å². The molecule has 3 rings (SSSR count). The fourth-order valence-corrected chi connectivity index (χ4v) is 1.96. The van der Waals surface area contributed by atoms with Crippen LogP contribution in [-0.4, -0.2) is 10.5 Å². The van der Waals surface area contributed by atoms with E-state index in [4.69, 9.17) is 4.42 Å². The van der Waals surface area contributed by atoms with Gasteiger partial charge in [-0.25, -0.2) is 4.79 Å². The smallest absolute Gasteiger partial charge is 0.409 e. The number of carbonyl (C=O) groups excluding carboxylic acids is 1. The summed E-state index contributed by atoms with van der Waals surface area (Å²) in [5.41, 5.74) is -0.262. The van der Waals surface area contributed by atoms with Crippen molar-refractivity contribution in [3.63, 3.8) is 0 Å². The predicted molar refractivity (Wildman–Crippen MR) is 72.9 cm³/mol. The third kappa shape index (κ3) is 1.85. The van der Waals surface area contributed by atoms with E-state index in [1.807, 2.05) is 0 Å². The van der Waals surface area contributed by atoms with Crippen molar-refractivity contribution >= 4 is 16.9 Å².